The summed E-state index contributed by atoms with van der Waals surface area (Å²) in [5.74, 6) is 6.62. The predicted molar refractivity (Wildman–Crippen MR) is 126 cm³/mol. The van der Waals surface area contributed by atoms with Crippen LogP contribution in [0.5, 0.6) is 0 Å². The quantitative estimate of drug-likeness (QED) is 0.290. The molecule has 0 nitrogen and oxygen atoms in total. The van der Waals surface area contributed by atoms with Crippen molar-refractivity contribution in [3.05, 3.63) is 94.5 Å². The maximum atomic E-state index is 3.32. The van der Waals surface area contributed by atoms with E-state index in [2.05, 4.69) is 99.3 Å². The molecule has 29 heavy (non-hydrogen) atoms. The maximum Gasteiger partial charge on any atom is 0.0252 e. The fraction of sp³-hybridized carbons (Fsp3) is 0.310. The number of aryl methyl sites for hydroxylation is 3. The lowest BCUT2D eigenvalue weighted by atomic mass is 9.96. The summed E-state index contributed by atoms with van der Waals surface area (Å²) >= 11 is 0. The van der Waals surface area contributed by atoms with Crippen LogP contribution < -0.4 is 0 Å². The molecule has 0 aromatic heterocycles. The van der Waals surface area contributed by atoms with Crippen LogP contribution in [0.1, 0.15) is 67.3 Å². The van der Waals surface area contributed by atoms with Crippen molar-refractivity contribution in [3.63, 3.8) is 0 Å². The Morgan fingerprint density at radius 1 is 0.621 bits per heavy atom. The molecule has 0 heteroatoms. The highest BCUT2D eigenvalue weighted by molar-refractivity contribution is 5.68. The van der Waals surface area contributed by atoms with Gasteiger partial charge < -0.3 is 0 Å². The van der Waals surface area contributed by atoms with E-state index in [1.807, 2.05) is 0 Å². The molecule has 3 rings (SSSR count). The van der Waals surface area contributed by atoms with Crippen molar-refractivity contribution >= 4 is 0 Å². The van der Waals surface area contributed by atoms with Gasteiger partial charge in [-0.25, -0.2) is 0 Å². The summed E-state index contributed by atoms with van der Waals surface area (Å²) in [5, 5.41) is 0. The molecule has 3 aromatic rings. The third kappa shape index (κ3) is 6.10. The zero-order valence-electron chi connectivity index (χ0n) is 18.1. The topological polar surface area (TPSA) is 0 Å². The second kappa shape index (κ2) is 10.7. The van der Waals surface area contributed by atoms with Crippen LogP contribution in [0.15, 0.2) is 66.7 Å². The Bertz CT molecular complexity index is 963. The van der Waals surface area contributed by atoms with Gasteiger partial charge in [-0.3, -0.25) is 0 Å². The van der Waals surface area contributed by atoms with Crippen LogP contribution in [0.3, 0.4) is 0 Å². The summed E-state index contributed by atoms with van der Waals surface area (Å²) in [4.78, 5) is 0. The number of unbranched alkanes of at least 4 members (excludes halogenated alkanes) is 2. The first-order chi connectivity index (χ1) is 14.2. The molecule has 0 radical (unpaired) electrons. The van der Waals surface area contributed by atoms with Crippen molar-refractivity contribution in [1.29, 1.82) is 0 Å². The van der Waals surface area contributed by atoms with Gasteiger partial charge in [0.1, 0.15) is 0 Å². The Morgan fingerprint density at radius 2 is 1.24 bits per heavy atom. The average molecular weight is 381 g/mol. The van der Waals surface area contributed by atoms with Crippen LogP contribution >= 0.6 is 0 Å². The Hall–Kier alpha value is -2.78. The van der Waals surface area contributed by atoms with Crippen molar-refractivity contribution in [2.24, 2.45) is 0 Å². The second-order valence-corrected chi connectivity index (χ2v) is 7.88. The number of rotatable bonds is 7. The van der Waals surface area contributed by atoms with Gasteiger partial charge in [-0.15, -0.1) is 0 Å². The molecule has 0 fully saturated rings. The Morgan fingerprint density at radius 3 is 1.90 bits per heavy atom. The summed E-state index contributed by atoms with van der Waals surface area (Å²) in [6, 6.07) is 24.2. The van der Waals surface area contributed by atoms with Crippen LogP contribution in [0, 0.1) is 18.8 Å². The van der Waals surface area contributed by atoms with Crippen molar-refractivity contribution in [1.82, 2.24) is 0 Å². The standard InChI is InChI=1S/C29H32/c1-4-6-7-9-25-16-19-28(20-17-25)29-21-18-27(22-23(29)3)15-14-26-12-10-24(8-5-2)11-13-26/h10-13,16-22H,4-9H2,1-3H3. The van der Waals surface area contributed by atoms with Gasteiger partial charge in [-0.1, -0.05) is 87.4 Å². The maximum absolute atomic E-state index is 3.32. The largest absolute Gasteiger partial charge is 0.0654 e. The second-order valence-electron chi connectivity index (χ2n) is 7.88. The van der Waals surface area contributed by atoms with Crippen molar-refractivity contribution in [2.75, 3.05) is 0 Å². The highest BCUT2D eigenvalue weighted by Gasteiger charge is 2.03. The molecule has 0 N–H and O–H groups in total. The molecule has 0 aliphatic carbocycles. The molecule has 148 valence electrons. The molecule has 0 aliphatic heterocycles. The number of benzene rings is 3. The Kier molecular flexibility index (Phi) is 7.71. The van der Waals surface area contributed by atoms with E-state index in [0.717, 1.165) is 17.5 Å². The summed E-state index contributed by atoms with van der Waals surface area (Å²) in [6.07, 6.45) is 7.36. The zero-order valence-corrected chi connectivity index (χ0v) is 18.1. The van der Waals surface area contributed by atoms with E-state index in [-0.39, 0.29) is 0 Å². The molecular weight excluding hydrogens is 348 g/mol. The van der Waals surface area contributed by atoms with Gasteiger partial charge in [0.05, 0.1) is 0 Å². The minimum Gasteiger partial charge on any atom is -0.0654 e. The Labute approximate surface area is 177 Å². The smallest absolute Gasteiger partial charge is 0.0252 e. The molecule has 0 atom stereocenters. The number of hydrogen-bond acceptors (Lipinski definition) is 0. The highest BCUT2D eigenvalue weighted by Crippen LogP contribution is 2.25. The van der Waals surface area contributed by atoms with Gasteiger partial charge in [-0.05, 0) is 78.3 Å². The van der Waals surface area contributed by atoms with E-state index in [9.17, 15) is 0 Å². The van der Waals surface area contributed by atoms with Gasteiger partial charge in [0.15, 0.2) is 0 Å². The fourth-order valence-electron chi connectivity index (χ4n) is 3.68. The first kappa shape index (κ1) is 20.9. The van der Waals surface area contributed by atoms with E-state index in [0.29, 0.717) is 0 Å². The van der Waals surface area contributed by atoms with Crippen LogP contribution in [0.25, 0.3) is 11.1 Å². The van der Waals surface area contributed by atoms with E-state index in [1.165, 1.54) is 59.9 Å². The van der Waals surface area contributed by atoms with Crippen molar-refractivity contribution < 1.29 is 0 Å². The monoisotopic (exact) mass is 380 g/mol. The summed E-state index contributed by atoms with van der Waals surface area (Å²) in [5.41, 5.74) is 8.81. The number of hydrogen-bond donors (Lipinski definition) is 0. The molecule has 0 saturated heterocycles. The molecule has 0 spiro atoms. The van der Waals surface area contributed by atoms with Crippen molar-refractivity contribution in [2.45, 2.75) is 59.3 Å². The third-order valence-corrected chi connectivity index (χ3v) is 5.40. The molecule has 0 saturated carbocycles. The zero-order chi connectivity index (χ0) is 20.5. The van der Waals surface area contributed by atoms with Crippen LogP contribution in [0.2, 0.25) is 0 Å². The predicted octanol–water partition coefficient (Wildman–Crippen LogP) is 7.75. The minimum absolute atomic E-state index is 1.07. The molecule has 0 heterocycles. The Balaban J connectivity index is 1.70. The third-order valence-electron chi connectivity index (χ3n) is 5.40. The summed E-state index contributed by atoms with van der Waals surface area (Å²) in [7, 11) is 0. The normalized spacial score (nSPS) is 10.4. The van der Waals surface area contributed by atoms with Gasteiger partial charge in [0.25, 0.3) is 0 Å². The van der Waals surface area contributed by atoms with Gasteiger partial charge in [0, 0.05) is 11.1 Å². The summed E-state index contributed by atoms with van der Waals surface area (Å²) in [6.45, 7) is 6.64. The van der Waals surface area contributed by atoms with Gasteiger partial charge in [-0.2, -0.15) is 0 Å². The van der Waals surface area contributed by atoms with Crippen LogP contribution in [-0.4, -0.2) is 0 Å². The van der Waals surface area contributed by atoms with E-state index in [1.54, 1.807) is 0 Å². The van der Waals surface area contributed by atoms with Crippen molar-refractivity contribution in [3.8, 4) is 23.0 Å². The molecule has 0 bridgehead atoms. The minimum atomic E-state index is 1.07. The lowest BCUT2D eigenvalue weighted by Gasteiger charge is -2.08. The summed E-state index contributed by atoms with van der Waals surface area (Å²) < 4.78 is 0. The average Bonchev–Trinajstić information content (AvgIpc) is 2.74. The lowest BCUT2D eigenvalue weighted by molar-refractivity contribution is 0.717. The molecule has 0 amide bonds. The van der Waals surface area contributed by atoms with Crippen LogP contribution in [-0.2, 0) is 12.8 Å². The molecule has 0 unspecified atom stereocenters. The van der Waals surface area contributed by atoms with E-state index >= 15 is 0 Å². The lowest BCUT2D eigenvalue weighted by Crippen LogP contribution is -1.88. The first-order valence-electron chi connectivity index (χ1n) is 11.0. The SMILES string of the molecule is CCCCCc1ccc(-c2ccc(C#Cc3ccc(CCC)cc3)cc2C)cc1. The van der Waals surface area contributed by atoms with E-state index in [4.69, 9.17) is 0 Å². The van der Waals surface area contributed by atoms with E-state index < -0.39 is 0 Å². The molecule has 0 aliphatic rings. The van der Waals surface area contributed by atoms with Crippen LogP contribution in [0.4, 0.5) is 0 Å². The van der Waals surface area contributed by atoms with Gasteiger partial charge in [0.2, 0.25) is 0 Å². The fourth-order valence-corrected chi connectivity index (χ4v) is 3.68. The molecular formula is C29H32. The molecule has 3 aromatic carbocycles. The highest BCUT2D eigenvalue weighted by atomic mass is 14.1. The first-order valence-corrected chi connectivity index (χ1v) is 11.0. The van der Waals surface area contributed by atoms with Gasteiger partial charge >= 0.3 is 0 Å².